The molecule has 0 fully saturated rings. The van der Waals surface area contributed by atoms with Gasteiger partial charge in [-0.3, -0.25) is 0 Å². The zero-order chi connectivity index (χ0) is 11.8. The fraction of sp³-hybridized carbons (Fsp3) is 0.667. The summed E-state index contributed by atoms with van der Waals surface area (Å²) in [6, 6.07) is 2.18. The van der Waals surface area contributed by atoms with Crippen LogP contribution in [0.2, 0.25) is 0 Å². The van der Waals surface area contributed by atoms with Crippen LogP contribution in [0, 0.1) is 11.3 Å². The number of unbranched alkanes of at least 4 members (excludes halogenated alkanes) is 1. The molecule has 0 aliphatic rings. The Kier molecular flexibility index (Phi) is 5.58. The zero-order valence-corrected chi connectivity index (χ0v) is 10.1. The summed E-state index contributed by atoms with van der Waals surface area (Å²) in [4.78, 5) is 0. The maximum atomic E-state index is 8.70. The molecule has 0 bridgehead atoms. The van der Waals surface area contributed by atoms with Crippen LogP contribution >= 0.6 is 0 Å². The van der Waals surface area contributed by atoms with E-state index in [0.717, 1.165) is 32.4 Å². The van der Waals surface area contributed by atoms with Gasteiger partial charge in [-0.25, -0.2) is 9.13 Å². The van der Waals surface area contributed by atoms with Gasteiger partial charge in [-0.2, -0.15) is 5.26 Å². The van der Waals surface area contributed by atoms with Gasteiger partial charge >= 0.3 is 0 Å². The molecule has 0 amide bonds. The third-order valence-electron chi connectivity index (χ3n) is 2.64. The molecule has 1 heterocycles. The van der Waals surface area contributed by atoms with Gasteiger partial charge in [0, 0.05) is 20.1 Å². The van der Waals surface area contributed by atoms with Gasteiger partial charge in [-0.1, -0.05) is 6.92 Å². The number of ether oxygens (including phenoxy) is 1. The van der Waals surface area contributed by atoms with Crippen LogP contribution in [0.25, 0.3) is 0 Å². The Morgan fingerprint density at radius 3 is 2.94 bits per heavy atom. The highest BCUT2D eigenvalue weighted by Gasteiger charge is 2.13. The molecule has 0 spiro atoms. The van der Waals surface area contributed by atoms with Crippen LogP contribution in [0.5, 0.6) is 0 Å². The van der Waals surface area contributed by atoms with E-state index in [1.165, 1.54) is 5.82 Å². The van der Waals surface area contributed by atoms with E-state index in [9.17, 15) is 0 Å². The van der Waals surface area contributed by atoms with Crippen molar-refractivity contribution in [2.24, 2.45) is 0 Å². The normalized spacial score (nSPS) is 10.3. The average molecular weight is 222 g/mol. The van der Waals surface area contributed by atoms with Crippen LogP contribution < -0.4 is 4.57 Å². The summed E-state index contributed by atoms with van der Waals surface area (Å²) in [5, 5.41) is 8.70. The molecule has 1 aromatic rings. The van der Waals surface area contributed by atoms with E-state index < -0.39 is 0 Å². The van der Waals surface area contributed by atoms with E-state index in [4.69, 9.17) is 10.00 Å². The van der Waals surface area contributed by atoms with E-state index in [1.807, 2.05) is 10.8 Å². The number of rotatable bonds is 7. The molecule has 0 atom stereocenters. The van der Waals surface area contributed by atoms with Crippen molar-refractivity contribution in [1.29, 1.82) is 5.26 Å². The summed E-state index contributed by atoms with van der Waals surface area (Å²) in [7, 11) is 1.73. The molecular weight excluding hydrogens is 202 g/mol. The molecule has 0 saturated carbocycles. The van der Waals surface area contributed by atoms with Gasteiger partial charge < -0.3 is 4.74 Å². The van der Waals surface area contributed by atoms with Crippen molar-refractivity contribution in [1.82, 2.24) is 4.57 Å². The van der Waals surface area contributed by atoms with E-state index in [1.54, 1.807) is 7.11 Å². The second-order valence-corrected chi connectivity index (χ2v) is 3.75. The van der Waals surface area contributed by atoms with Crippen molar-refractivity contribution in [3.63, 3.8) is 0 Å². The maximum Gasteiger partial charge on any atom is 0.256 e. The quantitative estimate of drug-likeness (QED) is 0.515. The molecule has 4 heteroatoms. The number of methoxy groups -OCH3 is 1. The molecule has 0 radical (unpaired) electrons. The second-order valence-electron chi connectivity index (χ2n) is 3.75. The number of hydrogen-bond acceptors (Lipinski definition) is 2. The third kappa shape index (κ3) is 3.35. The molecule has 88 valence electrons. The van der Waals surface area contributed by atoms with E-state index in [-0.39, 0.29) is 0 Å². The summed E-state index contributed by atoms with van der Waals surface area (Å²) < 4.78 is 9.26. The van der Waals surface area contributed by atoms with Crippen molar-refractivity contribution in [3.05, 3.63) is 18.2 Å². The van der Waals surface area contributed by atoms with Crippen molar-refractivity contribution >= 4 is 0 Å². The molecule has 16 heavy (non-hydrogen) atoms. The number of hydrogen-bond donors (Lipinski definition) is 0. The lowest BCUT2D eigenvalue weighted by Crippen LogP contribution is -2.37. The minimum absolute atomic E-state index is 0.439. The van der Waals surface area contributed by atoms with Crippen LogP contribution in [0.4, 0.5) is 0 Å². The Hall–Kier alpha value is -1.34. The molecule has 0 N–H and O–H groups in total. The van der Waals surface area contributed by atoms with Gasteiger partial charge in [0.15, 0.2) is 6.54 Å². The number of aromatic nitrogens is 2. The average Bonchev–Trinajstić information content (AvgIpc) is 2.67. The first-order chi connectivity index (χ1) is 7.83. The molecular formula is C12H20N3O+. The van der Waals surface area contributed by atoms with Gasteiger partial charge in [0.2, 0.25) is 0 Å². The monoisotopic (exact) mass is 222 g/mol. The summed E-state index contributed by atoms with van der Waals surface area (Å²) >= 11 is 0. The Bertz CT molecular complexity index is 352. The van der Waals surface area contributed by atoms with Gasteiger partial charge in [0.1, 0.15) is 18.5 Å². The standard InChI is InChI=1S/C12H20N3O/c1-3-12-14(7-4-5-11-16-2)9-10-15(12)8-6-13/h9-10H,3-5,7-8,11H2,1-2H3/q+1. The molecule has 0 aliphatic heterocycles. The lowest BCUT2D eigenvalue weighted by Gasteiger charge is -2.01. The number of nitriles is 1. The zero-order valence-electron chi connectivity index (χ0n) is 10.1. The summed E-state index contributed by atoms with van der Waals surface area (Å²) in [5.74, 6) is 1.22. The molecule has 0 unspecified atom stereocenters. The Morgan fingerprint density at radius 2 is 2.31 bits per heavy atom. The molecule has 1 aromatic heterocycles. The summed E-state index contributed by atoms with van der Waals surface area (Å²) in [5.41, 5.74) is 0. The highest BCUT2D eigenvalue weighted by atomic mass is 16.5. The fourth-order valence-corrected chi connectivity index (χ4v) is 1.86. The Morgan fingerprint density at radius 1 is 1.50 bits per heavy atom. The van der Waals surface area contributed by atoms with E-state index in [0.29, 0.717) is 6.54 Å². The van der Waals surface area contributed by atoms with Crippen molar-refractivity contribution in [2.75, 3.05) is 13.7 Å². The van der Waals surface area contributed by atoms with E-state index in [2.05, 4.69) is 23.8 Å². The number of aryl methyl sites for hydroxylation is 1. The number of nitrogens with zero attached hydrogens (tertiary/aromatic N) is 3. The molecule has 4 nitrogen and oxygen atoms in total. The third-order valence-corrected chi connectivity index (χ3v) is 2.64. The Balaban J connectivity index is 2.55. The smallest absolute Gasteiger partial charge is 0.256 e. The first-order valence-corrected chi connectivity index (χ1v) is 5.76. The van der Waals surface area contributed by atoms with E-state index >= 15 is 0 Å². The fourth-order valence-electron chi connectivity index (χ4n) is 1.86. The summed E-state index contributed by atoms with van der Waals surface area (Å²) in [6.07, 6.45) is 7.19. The highest BCUT2D eigenvalue weighted by molar-refractivity contribution is 4.87. The molecule has 1 rings (SSSR count). The minimum Gasteiger partial charge on any atom is -0.385 e. The highest BCUT2D eigenvalue weighted by Crippen LogP contribution is 1.98. The van der Waals surface area contributed by atoms with Crippen molar-refractivity contribution < 1.29 is 9.30 Å². The van der Waals surface area contributed by atoms with Gasteiger partial charge in [0.05, 0.1) is 6.54 Å². The lowest BCUT2D eigenvalue weighted by molar-refractivity contribution is -0.704. The molecule has 0 aromatic carbocycles. The van der Waals surface area contributed by atoms with Crippen LogP contribution in [-0.2, 0) is 24.2 Å². The summed E-state index contributed by atoms with van der Waals surface area (Å²) in [6.45, 7) is 4.38. The SMILES string of the molecule is CCc1n(CC#N)cc[n+]1CCCCOC. The van der Waals surface area contributed by atoms with Crippen molar-refractivity contribution in [3.8, 4) is 6.07 Å². The topological polar surface area (TPSA) is 41.8 Å². The minimum atomic E-state index is 0.439. The van der Waals surface area contributed by atoms with Gasteiger partial charge in [-0.05, 0) is 12.8 Å². The predicted molar refractivity (Wildman–Crippen MR) is 60.7 cm³/mol. The van der Waals surface area contributed by atoms with Gasteiger partial charge in [-0.15, -0.1) is 0 Å². The first kappa shape index (κ1) is 12.7. The van der Waals surface area contributed by atoms with Crippen LogP contribution in [0.3, 0.4) is 0 Å². The first-order valence-electron chi connectivity index (χ1n) is 5.76. The molecule has 0 aliphatic carbocycles. The van der Waals surface area contributed by atoms with Crippen LogP contribution in [0.1, 0.15) is 25.6 Å². The number of imidazole rings is 1. The maximum absolute atomic E-state index is 8.70. The van der Waals surface area contributed by atoms with Crippen molar-refractivity contribution in [2.45, 2.75) is 39.3 Å². The lowest BCUT2D eigenvalue weighted by atomic mass is 10.3. The largest absolute Gasteiger partial charge is 0.385 e. The second kappa shape index (κ2) is 7.02. The van der Waals surface area contributed by atoms with Crippen LogP contribution in [-0.4, -0.2) is 18.3 Å². The predicted octanol–water partition coefficient (Wildman–Crippen LogP) is 1.29. The Labute approximate surface area is 97.1 Å². The van der Waals surface area contributed by atoms with Gasteiger partial charge in [0.25, 0.3) is 5.82 Å². The molecule has 0 saturated heterocycles. The van der Waals surface area contributed by atoms with Crippen LogP contribution in [0.15, 0.2) is 12.4 Å².